The Hall–Kier alpha value is -5.87. The van der Waals surface area contributed by atoms with Gasteiger partial charge >= 0.3 is 0 Å². The number of hydrogen-bond acceptors (Lipinski definition) is 4. The molecule has 4 aromatic heterocycles. The van der Waals surface area contributed by atoms with Crippen LogP contribution in [0.15, 0.2) is 144 Å². The van der Waals surface area contributed by atoms with E-state index in [0.29, 0.717) is 0 Å². The number of benzene rings is 5. The molecule has 0 bridgehead atoms. The maximum absolute atomic E-state index is 6.33. The summed E-state index contributed by atoms with van der Waals surface area (Å²) in [4.78, 5) is 14.9. The fourth-order valence-corrected chi connectivity index (χ4v) is 6.16. The predicted octanol–water partition coefficient (Wildman–Crippen LogP) is 10.2. The van der Waals surface area contributed by atoms with E-state index in [1.807, 2.05) is 36.5 Å². The number of furan rings is 1. The van der Waals surface area contributed by atoms with Crippen LogP contribution in [0, 0.1) is 0 Å². The van der Waals surface area contributed by atoms with Gasteiger partial charge in [0.2, 0.25) is 0 Å². The van der Waals surface area contributed by atoms with Crippen molar-refractivity contribution in [2.45, 2.75) is 0 Å². The lowest BCUT2D eigenvalue weighted by Gasteiger charge is -2.09. The normalized spacial score (nSPS) is 11.7. The molecule has 4 nitrogen and oxygen atoms in total. The highest BCUT2D eigenvalue weighted by atomic mass is 16.3. The largest absolute Gasteiger partial charge is 0.456 e. The fourth-order valence-electron chi connectivity index (χ4n) is 6.16. The number of hydrogen-bond donors (Lipinski definition) is 0. The van der Waals surface area contributed by atoms with Gasteiger partial charge in [-0.05, 0) is 59.7 Å². The van der Waals surface area contributed by atoms with Crippen molar-refractivity contribution in [1.82, 2.24) is 15.0 Å². The summed E-state index contributed by atoms with van der Waals surface area (Å²) in [5, 5.41) is 5.42. The number of aromatic nitrogens is 3. The molecule has 9 rings (SSSR count). The van der Waals surface area contributed by atoms with Crippen LogP contribution in [0.2, 0.25) is 0 Å². The standard InChI is InChI=1S/C39H23N3O/c1-2-6-24(7-3-1)32-18-15-26-12-13-27-16-19-33(42-39(27)38(26)41-32)29-17-20-35-31(22-29)37-30(9-4-10-36(37)43-35)28-14-11-25-8-5-21-40-34(25)23-28/h1-23H. The van der Waals surface area contributed by atoms with E-state index in [-0.39, 0.29) is 0 Å². The van der Waals surface area contributed by atoms with E-state index in [1.54, 1.807) is 0 Å². The smallest absolute Gasteiger partial charge is 0.136 e. The molecule has 5 aromatic carbocycles. The van der Waals surface area contributed by atoms with Crippen molar-refractivity contribution < 1.29 is 4.42 Å². The SMILES string of the molecule is c1ccc(-c2ccc3ccc4ccc(-c5ccc6oc7cccc(-c8ccc9cccnc9c8)c7c6c5)nc4c3n2)cc1. The van der Waals surface area contributed by atoms with Gasteiger partial charge < -0.3 is 4.42 Å². The Morgan fingerprint density at radius 2 is 1.19 bits per heavy atom. The van der Waals surface area contributed by atoms with Gasteiger partial charge in [-0.15, -0.1) is 0 Å². The Kier molecular flexibility index (Phi) is 5.16. The van der Waals surface area contributed by atoms with Crippen molar-refractivity contribution in [2.24, 2.45) is 0 Å². The van der Waals surface area contributed by atoms with Crippen LogP contribution >= 0.6 is 0 Å². The quantitative estimate of drug-likeness (QED) is 0.206. The summed E-state index contributed by atoms with van der Waals surface area (Å²) in [6.45, 7) is 0. The van der Waals surface area contributed by atoms with Crippen molar-refractivity contribution in [2.75, 3.05) is 0 Å². The van der Waals surface area contributed by atoms with E-state index in [9.17, 15) is 0 Å². The molecule has 4 heterocycles. The van der Waals surface area contributed by atoms with E-state index in [0.717, 1.165) is 88.3 Å². The first kappa shape index (κ1) is 23.8. The minimum Gasteiger partial charge on any atom is -0.456 e. The molecule has 0 spiro atoms. The Labute approximate surface area is 246 Å². The monoisotopic (exact) mass is 549 g/mol. The molecule has 0 amide bonds. The van der Waals surface area contributed by atoms with Gasteiger partial charge in [-0.1, -0.05) is 84.9 Å². The second kappa shape index (κ2) is 9.33. The van der Waals surface area contributed by atoms with E-state index in [1.165, 1.54) is 0 Å². The van der Waals surface area contributed by atoms with Crippen LogP contribution in [0.4, 0.5) is 0 Å². The van der Waals surface area contributed by atoms with Crippen LogP contribution in [0.25, 0.3) is 88.3 Å². The number of nitrogens with zero attached hydrogens (tertiary/aromatic N) is 3. The van der Waals surface area contributed by atoms with Crippen LogP contribution in [-0.4, -0.2) is 15.0 Å². The first-order chi connectivity index (χ1) is 21.3. The zero-order valence-electron chi connectivity index (χ0n) is 23.0. The van der Waals surface area contributed by atoms with Crippen molar-refractivity contribution in [3.8, 4) is 33.6 Å². The average molecular weight is 550 g/mol. The van der Waals surface area contributed by atoms with Crippen LogP contribution < -0.4 is 0 Å². The Morgan fingerprint density at radius 1 is 0.465 bits per heavy atom. The van der Waals surface area contributed by atoms with Gasteiger partial charge in [0.25, 0.3) is 0 Å². The minimum absolute atomic E-state index is 0.852. The highest BCUT2D eigenvalue weighted by Crippen LogP contribution is 2.39. The second-order valence-corrected chi connectivity index (χ2v) is 10.9. The zero-order valence-corrected chi connectivity index (χ0v) is 23.0. The summed E-state index contributed by atoms with van der Waals surface area (Å²) in [6, 6.07) is 46.0. The van der Waals surface area contributed by atoms with Crippen molar-refractivity contribution in [1.29, 1.82) is 0 Å². The summed E-state index contributed by atoms with van der Waals surface area (Å²) in [5.41, 5.74) is 10.7. The van der Waals surface area contributed by atoms with Gasteiger partial charge in [0.05, 0.1) is 27.9 Å². The highest BCUT2D eigenvalue weighted by Gasteiger charge is 2.15. The van der Waals surface area contributed by atoms with Crippen LogP contribution in [0.5, 0.6) is 0 Å². The van der Waals surface area contributed by atoms with E-state index in [2.05, 4.69) is 108 Å². The molecule has 43 heavy (non-hydrogen) atoms. The van der Waals surface area contributed by atoms with Crippen molar-refractivity contribution in [3.05, 3.63) is 140 Å². The minimum atomic E-state index is 0.852. The third kappa shape index (κ3) is 3.88. The van der Waals surface area contributed by atoms with E-state index >= 15 is 0 Å². The van der Waals surface area contributed by atoms with E-state index < -0.39 is 0 Å². The second-order valence-electron chi connectivity index (χ2n) is 10.9. The number of rotatable bonds is 3. The predicted molar refractivity (Wildman–Crippen MR) is 176 cm³/mol. The molecule has 0 aliphatic carbocycles. The van der Waals surface area contributed by atoms with Crippen LogP contribution in [0.1, 0.15) is 0 Å². The Morgan fingerprint density at radius 3 is 2.00 bits per heavy atom. The first-order valence-corrected chi connectivity index (χ1v) is 14.4. The molecule has 0 unspecified atom stereocenters. The van der Waals surface area contributed by atoms with Gasteiger partial charge in [0, 0.05) is 44.3 Å². The molecule has 0 atom stereocenters. The van der Waals surface area contributed by atoms with Crippen molar-refractivity contribution in [3.63, 3.8) is 0 Å². The highest BCUT2D eigenvalue weighted by molar-refractivity contribution is 6.14. The molecular weight excluding hydrogens is 526 g/mol. The van der Waals surface area contributed by atoms with Crippen molar-refractivity contribution >= 4 is 54.6 Å². The van der Waals surface area contributed by atoms with Crippen LogP contribution in [-0.2, 0) is 0 Å². The summed E-state index contributed by atoms with van der Waals surface area (Å²) < 4.78 is 6.33. The van der Waals surface area contributed by atoms with Gasteiger partial charge in [0.1, 0.15) is 11.2 Å². The van der Waals surface area contributed by atoms with Gasteiger partial charge in [-0.3, -0.25) is 4.98 Å². The van der Waals surface area contributed by atoms with E-state index in [4.69, 9.17) is 14.4 Å². The fraction of sp³-hybridized carbons (Fsp3) is 0. The molecule has 0 aliphatic rings. The average Bonchev–Trinajstić information content (AvgIpc) is 3.46. The molecule has 0 saturated heterocycles. The number of pyridine rings is 3. The molecule has 0 N–H and O–H groups in total. The molecule has 0 aliphatic heterocycles. The third-order valence-electron chi connectivity index (χ3n) is 8.30. The molecule has 0 saturated carbocycles. The lowest BCUT2D eigenvalue weighted by atomic mass is 9.97. The molecule has 4 heteroatoms. The maximum atomic E-state index is 6.33. The topological polar surface area (TPSA) is 51.8 Å². The lowest BCUT2D eigenvalue weighted by molar-refractivity contribution is 0.669. The molecule has 0 radical (unpaired) electrons. The molecule has 9 aromatic rings. The van der Waals surface area contributed by atoms with Crippen LogP contribution in [0.3, 0.4) is 0 Å². The lowest BCUT2D eigenvalue weighted by Crippen LogP contribution is -1.91. The van der Waals surface area contributed by atoms with Gasteiger partial charge in [-0.25, -0.2) is 9.97 Å². The Bertz CT molecular complexity index is 2510. The maximum Gasteiger partial charge on any atom is 0.136 e. The summed E-state index contributed by atoms with van der Waals surface area (Å²) in [6.07, 6.45) is 1.84. The first-order valence-electron chi connectivity index (χ1n) is 14.4. The molecule has 200 valence electrons. The van der Waals surface area contributed by atoms with Gasteiger partial charge in [0.15, 0.2) is 0 Å². The zero-order chi connectivity index (χ0) is 28.3. The summed E-state index contributed by atoms with van der Waals surface area (Å²) >= 11 is 0. The summed E-state index contributed by atoms with van der Waals surface area (Å²) in [5.74, 6) is 0. The Balaban J connectivity index is 1.22. The number of fused-ring (bicyclic) bond motifs is 7. The summed E-state index contributed by atoms with van der Waals surface area (Å²) in [7, 11) is 0. The third-order valence-corrected chi connectivity index (χ3v) is 8.30. The molecule has 0 fully saturated rings. The molecular formula is C39H23N3O. The van der Waals surface area contributed by atoms with Gasteiger partial charge in [-0.2, -0.15) is 0 Å².